The van der Waals surface area contributed by atoms with Crippen LogP contribution in [0.4, 0.5) is 10.5 Å². The molecule has 2 aromatic rings. The van der Waals surface area contributed by atoms with Crippen LogP contribution in [0.3, 0.4) is 0 Å². The number of hydrogen-bond donors (Lipinski definition) is 2. The molecule has 0 spiro atoms. The van der Waals surface area contributed by atoms with Crippen molar-refractivity contribution in [3.63, 3.8) is 0 Å². The van der Waals surface area contributed by atoms with Crippen LogP contribution in [0.25, 0.3) is 11.0 Å². The molecule has 3 heterocycles. The lowest BCUT2D eigenvalue weighted by Crippen LogP contribution is -2.44. The Balaban J connectivity index is 1.59. The monoisotopic (exact) mass is 344 g/mol. The van der Waals surface area contributed by atoms with Crippen LogP contribution in [0.15, 0.2) is 18.5 Å². The molecule has 1 aliphatic rings. The third kappa shape index (κ3) is 3.89. The topological polar surface area (TPSA) is 92.2 Å². The molecule has 1 saturated heterocycles. The van der Waals surface area contributed by atoms with Gasteiger partial charge in [0.1, 0.15) is 0 Å². The van der Waals surface area contributed by atoms with E-state index in [-0.39, 0.29) is 24.0 Å². The number of aromatic nitrogens is 3. The van der Waals surface area contributed by atoms with Gasteiger partial charge in [-0.3, -0.25) is 4.79 Å². The molecule has 1 atom stereocenters. The Morgan fingerprint density at radius 1 is 1.32 bits per heavy atom. The number of likely N-dealkylation sites (tertiary alicyclic amines) is 1. The van der Waals surface area contributed by atoms with Gasteiger partial charge in [0, 0.05) is 37.0 Å². The summed E-state index contributed by atoms with van der Waals surface area (Å²) in [7, 11) is 0. The first-order valence-corrected chi connectivity index (χ1v) is 8.62. The fourth-order valence-electron chi connectivity index (χ4n) is 3.05. The summed E-state index contributed by atoms with van der Waals surface area (Å²) in [4.78, 5) is 30.0. The molecule has 134 valence electrons. The number of urea groups is 1. The molecule has 0 radical (unpaired) electrons. The average molecular weight is 344 g/mol. The maximum Gasteiger partial charge on any atom is 0.319 e. The Morgan fingerprint density at radius 3 is 2.80 bits per heavy atom. The van der Waals surface area contributed by atoms with Crippen molar-refractivity contribution in [1.29, 1.82) is 0 Å². The van der Waals surface area contributed by atoms with Gasteiger partial charge in [-0.15, -0.1) is 0 Å². The maximum atomic E-state index is 12.2. The van der Waals surface area contributed by atoms with Crippen molar-refractivity contribution in [2.75, 3.05) is 18.4 Å². The largest absolute Gasteiger partial charge is 0.341 e. The fraction of sp³-hybridized carbons (Fsp3) is 0.529. The van der Waals surface area contributed by atoms with Crippen LogP contribution in [-0.4, -0.2) is 50.7 Å². The van der Waals surface area contributed by atoms with Crippen molar-refractivity contribution in [2.24, 2.45) is 0 Å². The normalized spacial score (nSPS) is 15.8. The van der Waals surface area contributed by atoms with E-state index in [4.69, 9.17) is 0 Å². The Morgan fingerprint density at radius 2 is 2.12 bits per heavy atom. The number of carbonyl (C=O) groups excluding carboxylic acids is 2. The van der Waals surface area contributed by atoms with Crippen molar-refractivity contribution >= 4 is 28.7 Å². The molecule has 0 aromatic carbocycles. The summed E-state index contributed by atoms with van der Waals surface area (Å²) < 4.78 is 1.84. The first-order chi connectivity index (χ1) is 11.9. The Hall–Kier alpha value is -2.64. The number of hydrogen-bond acceptors (Lipinski definition) is 4. The molecule has 2 N–H and O–H groups in total. The highest BCUT2D eigenvalue weighted by Gasteiger charge is 2.22. The molecule has 0 bridgehead atoms. The van der Waals surface area contributed by atoms with E-state index in [1.54, 1.807) is 17.3 Å². The van der Waals surface area contributed by atoms with E-state index in [1.807, 2.05) is 31.5 Å². The van der Waals surface area contributed by atoms with Gasteiger partial charge < -0.3 is 15.5 Å². The maximum absolute atomic E-state index is 12.2. The third-order valence-electron chi connectivity index (χ3n) is 4.22. The number of rotatable bonds is 5. The first-order valence-electron chi connectivity index (χ1n) is 8.62. The summed E-state index contributed by atoms with van der Waals surface area (Å²) in [6.07, 6.45) is 4.87. The number of fused-ring (bicyclic) bond motifs is 1. The summed E-state index contributed by atoms with van der Waals surface area (Å²) in [6.45, 7) is 7.28. The summed E-state index contributed by atoms with van der Waals surface area (Å²) in [6, 6.07) is 1.64. The van der Waals surface area contributed by atoms with Crippen molar-refractivity contribution < 1.29 is 9.59 Å². The number of nitrogens with zero attached hydrogens (tertiary/aromatic N) is 4. The van der Waals surface area contributed by atoms with Crippen LogP contribution in [0.2, 0.25) is 0 Å². The molecule has 2 aromatic heterocycles. The van der Waals surface area contributed by atoms with Gasteiger partial charge in [-0.25, -0.2) is 14.5 Å². The van der Waals surface area contributed by atoms with Gasteiger partial charge in [-0.2, -0.15) is 5.10 Å². The summed E-state index contributed by atoms with van der Waals surface area (Å²) in [5.74, 6) is 0.158. The molecule has 0 aliphatic carbocycles. The Labute approximate surface area is 146 Å². The number of nitrogens with one attached hydrogen (secondary N) is 2. The molecule has 0 saturated carbocycles. The minimum Gasteiger partial charge on any atom is -0.341 e. The van der Waals surface area contributed by atoms with Crippen LogP contribution >= 0.6 is 0 Å². The van der Waals surface area contributed by atoms with Gasteiger partial charge in [0.15, 0.2) is 5.65 Å². The van der Waals surface area contributed by atoms with E-state index in [0.29, 0.717) is 18.7 Å². The second-order valence-electron chi connectivity index (χ2n) is 6.76. The van der Waals surface area contributed by atoms with Gasteiger partial charge in [-0.1, -0.05) is 0 Å². The van der Waals surface area contributed by atoms with Crippen LogP contribution < -0.4 is 10.6 Å². The minimum atomic E-state index is -0.309. The fourth-order valence-corrected chi connectivity index (χ4v) is 3.05. The quantitative estimate of drug-likeness (QED) is 0.869. The summed E-state index contributed by atoms with van der Waals surface area (Å²) >= 11 is 0. The smallest absolute Gasteiger partial charge is 0.319 e. The average Bonchev–Trinajstić information content (AvgIpc) is 3.13. The predicted molar refractivity (Wildman–Crippen MR) is 95.3 cm³/mol. The van der Waals surface area contributed by atoms with Crippen molar-refractivity contribution in [3.8, 4) is 0 Å². The van der Waals surface area contributed by atoms with E-state index < -0.39 is 0 Å². The highest BCUT2D eigenvalue weighted by molar-refractivity contribution is 5.91. The summed E-state index contributed by atoms with van der Waals surface area (Å²) in [5.41, 5.74) is 1.40. The van der Waals surface area contributed by atoms with Crippen LogP contribution in [-0.2, 0) is 4.79 Å². The molecule has 8 nitrogen and oxygen atoms in total. The van der Waals surface area contributed by atoms with Gasteiger partial charge in [0.2, 0.25) is 5.91 Å². The molecular formula is C17H24N6O2. The van der Waals surface area contributed by atoms with E-state index in [0.717, 1.165) is 24.0 Å². The molecule has 25 heavy (non-hydrogen) atoms. The number of carbonyl (C=O) groups is 2. The number of amides is 3. The lowest BCUT2D eigenvalue weighted by molar-refractivity contribution is -0.127. The van der Waals surface area contributed by atoms with Crippen LogP contribution in [0.1, 0.15) is 39.7 Å². The Kier molecular flexibility index (Phi) is 4.87. The number of pyridine rings is 1. The SMILES string of the molecule is CC(C)n1ncc2cc(NC(=O)N[C@H](C)CN3CCCC3=O)cnc21. The van der Waals surface area contributed by atoms with Crippen molar-refractivity contribution in [3.05, 3.63) is 18.5 Å². The van der Waals surface area contributed by atoms with Crippen LogP contribution in [0, 0.1) is 0 Å². The summed E-state index contributed by atoms with van der Waals surface area (Å²) in [5, 5.41) is 10.8. The molecule has 3 amide bonds. The van der Waals surface area contributed by atoms with Gasteiger partial charge in [-0.05, 0) is 33.3 Å². The molecular weight excluding hydrogens is 320 g/mol. The molecule has 3 rings (SSSR count). The second kappa shape index (κ2) is 7.08. The van der Waals surface area contributed by atoms with E-state index in [9.17, 15) is 9.59 Å². The van der Waals surface area contributed by atoms with Gasteiger partial charge in [0.25, 0.3) is 0 Å². The van der Waals surface area contributed by atoms with Crippen LogP contribution in [0.5, 0.6) is 0 Å². The van der Waals surface area contributed by atoms with E-state index >= 15 is 0 Å². The molecule has 1 fully saturated rings. The second-order valence-corrected chi connectivity index (χ2v) is 6.76. The van der Waals surface area contributed by atoms with Crippen molar-refractivity contribution in [2.45, 2.75) is 45.7 Å². The van der Waals surface area contributed by atoms with Crippen molar-refractivity contribution in [1.82, 2.24) is 25.0 Å². The van der Waals surface area contributed by atoms with Gasteiger partial charge in [0.05, 0.1) is 18.1 Å². The third-order valence-corrected chi connectivity index (χ3v) is 4.22. The highest BCUT2D eigenvalue weighted by Crippen LogP contribution is 2.19. The zero-order valence-electron chi connectivity index (χ0n) is 14.8. The minimum absolute atomic E-state index is 0.123. The van der Waals surface area contributed by atoms with E-state index in [2.05, 4.69) is 20.7 Å². The molecule has 1 aliphatic heterocycles. The first kappa shape index (κ1) is 17.2. The molecule has 0 unspecified atom stereocenters. The zero-order chi connectivity index (χ0) is 18.0. The lowest BCUT2D eigenvalue weighted by Gasteiger charge is -2.21. The predicted octanol–water partition coefficient (Wildman–Crippen LogP) is 2.14. The number of anilines is 1. The van der Waals surface area contributed by atoms with Gasteiger partial charge >= 0.3 is 6.03 Å². The highest BCUT2D eigenvalue weighted by atomic mass is 16.2. The molecule has 8 heteroatoms. The lowest BCUT2D eigenvalue weighted by atomic mass is 10.3. The Bertz CT molecular complexity index is 785. The standard InChI is InChI=1S/C17H24N6O2/c1-11(2)23-16-13(8-19-23)7-14(9-18-16)21-17(25)20-12(3)10-22-6-4-5-15(22)24/h7-9,11-12H,4-6,10H2,1-3H3,(H2,20,21,25)/t12-/m1/s1. The zero-order valence-corrected chi connectivity index (χ0v) is 14.8. The van der Waals surface area contributed by atoms with E-state index in [1.165, 1.54) is 0 Å².